The van der Waals surface area contributed by atoms with Crippen LogP contribution >= 0.6 is 27.7 Å². The van der Waals surface area contributed by atoms with Gasteiger partial charge in [-0.25, -0.2) is 14.6 Å². The van der Waals surface area contributed by atoms with Gasteiger partial charge < -0.3 is 0 Å². The van der Waals surface area contributed by atoms with Gasteiger partial charge in [0.15, 0.2) is 5.65 Å². The number of aromatic nitrogens is 4. The zero-order valence-electron chi connectivity index (χ0n) is 7.15. The summed E-state index contributed by atoms with van der Waals surface area (Å²) in [5.74, 6) is 0. The zero-order chi connectivity index (χ0) is 9.42. The first kappa shape index (κ1) is 8.96. The van der Waals surface area contributed by atoms with Gasteiger partial charge in [0.2, 0.25) is 0 Å². The smallest absolute Gasteiger partial charge is 0.163 e. The molecule has 0 N–H and O–H groups in total. The van der Waals surface area contributed by atoms with Crippen molar-refractivity contribution in [1.29, 1.82) is 0 Å². The molecular weight excluding hydrogens is 252 g/mol. The molecule has 2 heterocycles. The van der Waals surface area contributed by atoms with E-state index in [9.17, 15) is 0 Å². The van der Waals surface area contributed by atoms with E-state index in [1.54, 1.807) is 22.8 Å². The van der Waals surface area contributed by atoms with Gasteiger partial charge >= 0.3 is 0 Å². The van der Waals surface area contributed by atoms with Crippen molar-refractivity contribution in [3.05, 3.63) is 10.9 Å². The summed E-state index contributed by atoms with van der Waals surface area (Å²) >= 11 is 4.98. The van der Waals surface area contributed by atoms with E-state index in [4.69, 9.17) is 0 Å². The summed E-state index contributed by atoms with van der Waals surface area (Å²) in [6.07, 6.45) is 3.55. The summed E-state index contributed by atoms with van der Waals surface area (Å²) in [4.78, 5) is 8.32. The first-order valence-corrected chi connectivity index (χ1v) is 5.63. The molecule has 0 atom stereocenters. The van der Waals surface area contributed by atoms with Crippen LogP contribution in [0.4, 0.5) is 0 Å². The van der Waals surface area contributed by atoms with Crippen molar-refractivity contribution in [2.24, 2.45) is 7.05 Å². The molecule has 0 fully saturated rings. The standard InChI is InChI=1S/C7H7BrN4S/c1-12-6-4(5(8)11-12)7(13-2)10-3-9-6/h3H,1-2H3. The molecule has 68 valence electrons. The van der Waals surface area contributed by atoms with Crippen LogP contribution in [0, 0.1) is 0 Å². The van der Waals surface area contributed by atoms with Crippen LogP contribution in [0.2, 0.25) is 0 Å². The fraction of sp³-hybridized carbons (Fsp3) is 0.286. The Hall–Kier alpha value is -0.620. The van der Waals surface area contributed by atoms with Crippen LogP contribution in [-0.4, -0.2) is 26.0 Å². The fourth-order valence-electron chi connectivity index (χ4n) is 1.17. The molecule has 0 aromatic carbocycles. The highest BCUT2D eigenvalue weighted by molar-refractivity contribution is 9.10. The molecule has 0 aliphatic carbocycles. The molecule has 2 aromatic rings. The van der Waals surface area contributed by atoms with Gasteiger partial charge in [0.1, 0.15) is 16.0 Å². The normalized spacial score (nSPS) is 11.0. The van der Waals surface area contributed by atoms with E-state index in [0.717, 1.165) is 20.7 Å². The molecule has 0 saturated carbocycles. The molecule has 0 amide bonds. The Kier molecular flexibility index (Phi) is 2.25. The average molecular weight is 259 g/mol. The van der Waals surface area contributed by atoms with Gasteiger partial charge in [-0.3, -0.25) is 0 Å². The quantitative estimate of drug-likeness (QED) is 0.579. The van der Waals surface area contributed by atoms with E-state index < -0.39 is 0 Å². The third-order valence-electron chi connectivity index (χ3n) is 1.74. The molecule has 13 heavy (non-hydrogen) atoms. The van der Waals surface area contributed by atoms with Crippen LogP contribution in [-0.2, 0) is 7.05 Å². The van der Waals surface area contributed by atoms with Gasteiger partial charge in [0.05, 0.1) is 5.39 Å². The SMILES string of the molecule is CSc1ncnc2c1c(Br)nn2C. The third-order valence-corrected chi connectivity index (χ3v) is 2.99. The maximum absolute atomic E-state index is 4.22. The van der Waals surface area contributed by atoms with Crippen LogP contribution in [0.5, 0.6) is 0 Å². The lowest BCUT2D eigenvalue weighted by Crippen LogP contribution is -1.92. The lowest BCUT2D eigenvalue weighted by Gasteiger charge is -1.96. The topological polar surface area (TPSA) is 43.6 Å². The van der Waals surface area contributed by atoms with Crippen molar-refractivity contribution in [1.82, 2.24) is 19.7 Å². The minimum atomic E-state index is 0.801. The lowest BCUT2D eigenvalue weighted by atomic mass is 10.4. The molecule has 4 nitrogen and oxygen atoms in total. The second-order valence-electron chi connectivity index (χ2n) is 2.50. The van der Waals surface area contributed by atoms with Crippen LogP contribution in [0.3, 0.4) is 0 Å². The Bertz CT molecular complexity index is 453. The first-order valence-electron chi connectivity index (χ1n) is 3.61. The highest BCUT2D eigenvalue weighted by Gasteiger charge is 2.11. The minimum Gasteiger partial charge on any atom is -0.249 e. The van der Waals surface area contributed by atoms with Crippen LogP contribution in [0.25, 0.3) is 11.0 Å². The summed E-state index contributed by atoms with van der Waals surface area (Å²) in [5.41, 5.74) is 0.853. The Balaban J connectivity index is 2.88. The van der Waals surface area contributed by atoms with Crippen LogP contribution in [0.1, 0.15) is 0 Å². The maximum atomic E-state index is 4.22. The number of rotatable bonds is 1. The lowest BCUT2D eigenvalue weighted by molar-refractivity contribution is 0.777. The molecule has 0 aliphatic heterocycles. The summed E-state index contributed by atoms with van der Waals surface area (Å²) in [7, 11) is 1.87. The number of hydrogen-bond acceptors (Lipinski definition) is 4. The number of fused-ring (bicyclic) bond motifs is 1. The highest BCUT2D eigenvalue weighted by Crippen LogP contribution is 2.28. The molecule has 0 saturated heterocycles. The number of halogens is 1. The molecule has 0 bridgehead atoms. The Morgan fingerprint density at radius 2 is 2.23 bits per heavy atom. The van der Waals surface area contributed by atoms with Crippen LogP contribution in [0.15, 0.2) is 16.0 Å². The summed E-state index contributed by atoms with van der Waals surface area (Å²) in [6, 6.07) is 0. The van der Waals surface area contributed by atoms with Gasteiger partial charge in [0, 0.05) is 7.05 Å². The highest BCUT2D eigenvalue weighted by atomic mass is 79.9. The molecule has 0 unspecified atom stereocenters. The zero-order valence-corrected chi connectivity index (χ0v) is 9.55. The summed E-state index contributed by atoms with van der Waals surface area (Å²) < 4.78 is 2.54. The monoisotopic (exact) mass is 258 g/mol. The third kappa shape index (κ3) is 1.34. The van der Waals surface area contributed by atoms with E-state index in [1.807, 2.05) is 13.3 Å². The Morgan fingerprint density at radius 1 is 1.46 bits per heavy atom. The maximum Gasteiger partial charge on any atom is 0.163 e. The largest absolute Gasteiger partial charge is 0.249 e. The number of hydrogen-bond donors (Lipinski definition) is 0. The average Bonchev–Trinajstić information content (AvgIpc) is 2.43. The van der Waals surface area contributed by atoms with Gasteiger partial charge in [0.25, 0.3) is 0 Å². The molecule has 0 radical (unpaired) electrons. The van der Waals surface area contributed by atoms with Crippen molar-refractivity contribution in [2.45, 2.75) is 5.03 Å². The molecule has 2 aromatic heterocycles. The van der Waals surface area contributed by atoms with Gasteiger partial charge in [-0.05, 0) is 22.2 Å². The van der Waals surface area contributed by atoms with Gasteiger partial charge in [-0.1, -0.05) is 0 Å². The van der Waals surface area contributed by atoms with Gasteiger partial charge in [-0.15, -0.1) is 11.8 Å². The van der Waals surface area contributed by atoms with Crippen molar-refractivity contribution in [3.63, 3.8) is 0 Å². The minimum absolute atomic E-state index is 0.801. The van der Waals surface area contributed by atoms with Gasteiger partial charge in [-0.2, -0.15) is 5.10 Å². The molecule has 0 aliphatic rings. The molecule has 2 rings (SSSR count). The summed E-state index contributed by atoms with van der Waals surface area (Å²) in [5, 5.41) is 6.15. The van der Waals surface area contributed by atoms with E-state index >= 15 is 0 Å². The van der Waals surface area contributed by atoms with Crippen molar-refractivity contribution < 1.29 is 0 Å². The second-order valence-corrected chi connectivity index (χ2v) is 4.04. The Labute approximate surface area is 87.9 Å². The molecule has 0 spiro atoms. The van der Waals surface area contributed by atoms with E-state index in [2.05, 4.69) is 31.0 Å². The predicted octanol–water partition coefficient (Wildman–Crippen LogP) is 1.85. The van der Waals surface area contributed by atoms with Crippen LogP contribution < -0.4 is 0 Å². The number of aryl methyl sites for hydroxylation is 1. The van der Waals surface area contributed by atoms with Crippen molar-refractivity contribution in [3.8, 4) is 0 Å². The van der Waals surface area contributed by atoms with E-state index in [1.165, 1.54) is 0 Å². The van der Waals surface area contributed by atoms with E-state index in [0.29, 0.717) is 0 Å². The van der Waals surface area contributed by atoms with Crippen molar-refractivity contribution >= 4 is 38.7 Å². The second kappa shape index (κ2) is 3.26. The fourth-order valence-corrected chi connectivity index (χ4v) is 2.45. The summed E-state index contributed by atoms with van der Waals surface area (Å²) in [6.45, 7) is 0. The van der Waals surface area contributed by atoms with E-state index in [-0.39, 0.29) is 0 Å². The molecule has 6 heteroatoms. The number of nitrogens with zero attached hydrogens (tertiary/aromatic N) is 4. The predicted molar refractivity (Wildman–Crippen MR) is 55.8 cm³/mol. The van der Waals surface area contributed by atoms with Crippen molar-refractivity contribution in [2.75, 3.05) is 6.26 Å². The number of thioether (sulfide) groups is 1. The Morgan fingerprint density at radius 3 is 2.92 bits per heavy atom. The first-order chi connectivity index (χ1) is 6.24. The molecular formula is C7H7BrN4S.